The van der Waals surface area contributed by atoms with Crippen molar-refractivity contribution in [2.45, 2.75) is 31.2 Å². The molecule has 0 spiro atoms. The first kappa shape index (κ1) is 15.0. The molecule has 0 saturated carbocycles. The third kappa shape index (κ3) is 3.01. The lowest BCUT2D eigenvalue weighted by atomic mass is 9.79. The van der Waals surface area contributed by atoms with Gasteiger partial charge in [-0.2, -0.15) is 0 Å². The molecule has 1 N–H and O–H groups in total. The number of nitrogens with zero attached hydrogens (tertiary/aromatic N) is 1. The number of hydrogen-bond donors (Lipinski definition) is 1. The maximum Gasteiger partial charge on any atom is 0.0485 e. The zero-order valence-corrected chi connectivity index (χ0v) is 14.3. The predicted octanol–water partition coefficient (Wildman–Crippen LogP) is 4.88. The van der Waals surface area contributed by atoms with Gasteiger partial charge < -0.3 is 5.32 Å². The van der Waals surface area contributed by atoms with Gasteiger partial charge in [0.2, 0.25) is 0 Å². The van der Waals surface area contributed by atoms with Crippen LogP contribution in [0.5, 0.6) is 0 Å². The van der Waals surface area contributed by atoms with Crippen LogP contribution in [0.3, 0.4) is 0 Å². The third-order valence-electron chi connectivity index (χ3n) is 4.25. The molecular formula is C17H18BrClN2. The van der Waals surface area contributed by atoms with Crippen LogP contribution in [0.25, 0.3) is 0 Å². The summed E-state index contributed by atoms with van der Waals surface area (Å²) in [6.45, 7) is 0. The van der Waals surface area contributed by atoms with Gasteiger partial charge in [0.15, 0.2) is 0 Å². The zero-order chi connectivity index (χ0) is 14.8. The molecule has 1 aliphatic rings. The number of hydrogen-bond acceptors (Lipinski definition) is 2. The van der Waals surface area contributed by atoms with Gasteiger partial charge in [0.1, 0.15) is 0 Å². The van der Waals surface area contributed by atoms with Crippen LogP contribution < -0.4 is 5.32 Å². The van der Waals surface area contributed by atoms with Crippen molar-refractivity contribution in [3.05, 3.63) is 62.8 Å². The molecule has 0 radical (unpaired) electrons. The molecule has 1 aliphatic carbocycles. The van der Waals surface area contributed by atoms with E-state index >= 15 is 0 Å². The topological polar surface area (TPSA) is 24.9 Å². The van der Waals surface area contributed by atoms with Crippen molar-refractivity contribution in [1.82, 2.24) is 10.3 Å². The van der Waals surface area contributed by atoms with Gasteiger partial charge in [-0.25, -0.2) is 0 Å². The highest BCUT2D eigenvalue weighted by Gasteiger charge is 2.30. The summed E-state index contributed by atoms with van der Waals surface area (Å²) in [6, 6.07) is 10.5. The summed E-state index contributed by atoms with van der Waals surface area (Å²) in [5.41, 5.74) is 3.87. The number of aryl methyl sites for hydroxylation is 1. The van der Waals surface area contributed by atoms with E-state index < -0.39 is 0 Å². The average molecular weight is 366 g/mol. The second-order valence-corrected chi connectivity index (χ2v) is 6.77. The van der Waals surface area contributed by atoms with Crippen LogP contribution in [-0.2, 0) is 6.42 Å². The van der Waals surface area contributed by atoms with Crippen LogP contribution in [0, 0.1) is 0 Å². The van der Waals surface area contributed by atoms with E-state index in [9.17, 15) is 0 Å². The molecule has 2 nitrogen and oxygen atoms in total. The maximum absolute atomic E-state index is 6.07. The van der Waals surface area contributed by atoms with Crippen molar-refractivity contribution in [3.63, 3.8) is 0 Å². The Labute approximate surface area is 139 Å². The minimum atomic E-state index is 0.241. The maximum atomic E-state index is 6.07. The Kier molecular flexibility index (Phi) is 4.63. The SMILES string of the molecule is CNC(c1ccc(Cl)cc1Br)C1CCCc2cccnc21. The van der Waals surface area contributed by atoms with Crippen molar-refractivity contribution in [2.75, 3.05) is 7.05 Å². The van der Waals surface area contributed by atoms with Crippen molar-refractivity contribution in [1.29, 1.82) is 0 Å². The van der Waals surface area contributed by atoms with Gasteiger partial charge in [0.05, 0.1) is 0 Å². The molecule has 4 heteroatoms. The van der Waals surface area contributed by atoms with Crippen molar-refractivity contribution < 1.29 is 0 Å². The fourth-order valence-corrected chi connectivity index (χ4v) is 4.23. The van der Waals surface area contributed by atoms with Crippen LogP contribution >= 0.6 is 27.5 Å². The van der Waals surface area contributed by atoms with E-state index in [2.05, 4.69) is 38.4 Å². The molecule has 1 aromatic heterocycles. The molecule has 2 atom stereocenters. The summed E-state index contributed by atoms with van der Waals surface area (Å²) in [7, 11) is 2.02. The first-order valence-electron chi connectivity index (χ1n) is 7.26. The van der Waals surface area contributed by atoms with Gasteiger partial charge >= 0.3 is 0 Å². The highest BCUT2D eigenvalue weighted by molar-refractivity contribution is 9.10. The number of likely N-dealkylation sites (N-methyl/N-ethyl adjacent to an activating group) is 1. The highest BCUT2D eigenvalue weighted by Crippen LogP contribution is 2.41. The zero-order valence-electron chi connectivity index (χ0n) is 11.9. The van der Waals surface area contributed by atoms with Crippen LogP contribution in [0.4, 0.5) is 0 Å². The third-order valence-corrected chi connectivity index (χ3v) is 5.17. The molecule has 0 amide bonds. The molecule has 2 aromatic rings. The Balaban J connectivity index is 2.01. The number of rotatable bonds is 3. The molecule has 21 heavy (non-hydrogen) atoms. The van der Waals surface area contributed by atoms with Crippen molar-refractivity contribution in [3.8, 4) is 0 Å². The summed E-state index contributed by atoms with van der Waals surface area (Å²) >= 11 is 9.72. The summed E-state index contributed by atoms with van der Waals surface area (Å²) in [5.74, 6) is 0.400. The lowest BCUT2D eigenvalue weighted by molar-refractivity contribution is 0.415. The van der Waals surface area contributed by atoms with Crippen LogP contribution in [0.2, 0.25) is 5.02 Å². The average Bonchev–Trinajstić information content (AvgIpc) is 2.50. The van der Waals surface area contributed by atoms with Gasteiger partial charge in [-0.15, -0.1) is 0 Å². The molecular weight excluding hydrogens is 348 g/mol. The van der Waals surface area contributed by atoms with E-state index in [4.69, 9.17) is 11.6 Å². The molecule has 0 aliphatic heterocycles. The summed E-state index contributed by atoms with van der Waals surface area (Å²) < 4.78 is 1.05. The fraction of sp³-hybridized carbons (Fsp3) is 0.353. The molecule has 110 valence electrons. The Morgan fingerprint density at radius 2 is 2.24 bits per heavy atom. The molecule has 3 rings (SSSR count). The lowest BCUT2D eigenvalue weighted by Crippen LogP contribution is -2.27. The first-order chi connectivity index (χ1) is 10.2. The minimum Gasteiger partial charge on any atom is -0.312 e. The molecule has 1 aromatic carbocycles. The van der Waals surface area contributed by atoms with E-state index in [-0.39, 0.29) is 6.04 Å². The molecule has 0 saturated heterocycles. The summed E-state index contributed by atoms with van der Waals surface area (Å²) in [5, 5.41) is 4.23. The van der Waals surface area contributed by atoms with Crippen LogP contribution in [0.15, 0.2) is 41.0 Å². The second-order valence-electron chi connectivity index (χ2n) is 5.48. The molecule has 1 heterocycles. The smallest absolute Gasteiger partial charge is 0.0485 e. The number of fused-ring (bicyclic) bond motifs is 1. The van der Waals surface area contributed by atoms with Gasteiger partial charge in [-0.05, 0) is 55.6 Å². The van der Waals surface area contributed by atoms with Gasteiger partial charge in [0, 0.05) is 33.3 Å². The Hall–Kier alpha value is -0.900. The lowest BCUT2D eigenvalue weighted by Gasteiger charge is -2.32. The molecule has 0 bridgehead atoms. The van der Waals surface area contributed by atoms with Crippen LogP contribution in [0.1, 0.15) is 41.6 Å². The summed E-state index contributed by atoms with van der Waals surface area (Å²) in [6.07, 6.45) is 5.41. The number of halogens is 2. The van der Waals surface area contributed by atoms with Gasteiger partial charge in [0.25, 0.3) is 0 Å². The van der Waals surface area contributed by atoms with Gasteiger partial charge in [-0.1, -0.05) is 39.7 Å². The number of nitrogens with one attached hydrogen (secondary N) is 1. The fourth-order valence-electron chi connectivity index (χ4n) is 3.30. The Bertz CT molecular complexity index is 644. The number of benzene rings is 1. The first-order valence-corrected chi connectivity index (χ1v) is 8.44. The van der Waals surface area contributed by atoms with Gasteiger partial charge in [-0.3, -0.25) is 4.98 Å². The Morgan fingerprint density at radius 1 is 1.38 bits per heavy atom. The minimum absolute atomic E-state index is 0.241. The van der Waals surface area contributed by atoms with E-state index in [1.54, 1.807) is 0 Å². The monoisotopic (exact) mass is 364 g/mol. The van der Waals surface area contributed by atoms with E-state index in [0.717, 1.165) is 22.3 Å². The van der Waals surface area contributed by atoms with E-state index in [1.807, 2.05) is 31.4 Å². The predicted molar refractivity (Wildman–Crippen MR) is 90.9 cm³/mol. The number of aromatic nitrogens is 1. The van der Waals surface area contributed by atoms with Crippen molar-refractivity contribution in [2.24, 2.45) is 0 Å². The Morgan fingerprint density at radius 3 is 3.00 bits per heavy atom. The quantitative estimate of drug-likeness (QED) is 0.838. The van der Waals surface area contributed by atoms with Crippen molar-refractivity contribution >= 4 is 27.5 Å². The van der Waals surface area contributed by atoms with Crippen LogP contribution in [-0.4, -0.2) is 12.0 Å². The molecule has 2 unspecified atom stereocenters. The summed E-state index contributed by atoms with van der Waals surface area (Å²) in [4.78, 5) is 4.66. The van der Waals surface area contributed by atoms with E-state index in [0.29, 0.717) is 5.92 Å². The largest absolute Gasteiger partial charge is 0.312 e. The highest BCUT2D eigenvalue weighted by atomic mass is 79.9. The second kappa shape index (κ2) is 6.47. The normalized spacial score (nSPS) is 19.1. The number of pyridine rings is 1. The van der Waals surface area contributed by atoms with E-state index in [1.165, 1.54) is 23.2 Å². The molecule has 0 fully saturated rings. The standard InChI is InChI=1S/C17H18BrClN2/c1-20-17(13-8-7-12(19)10-15(13)18)14-6-2-4-11-5-3-9-21-16(11)14/h3,5,7-10,14,17,20H,2,4,6H2,1H3.